The van der Waals surface area contributed by atoms with Crippen LogP contribution in [0.2, 0.25) is 5.02 Å². The molecular formula is C23H24BrClN2O4. The first-order chi connectivity index (χ1) is 14.7. The largest absolute Gasteiger partial charge is 0.507 e. The average Bonchev–Trinajstić information content (AvgIpc) is 2.98. The van der Waals surface area contributed by atoms with E-state index in [1.54, 1.807) is 12.1 Å². The maximum absolute atomic E-state index is 13.0. The Balaban J connectivity index is 2.11. The van der Waals surface area contributed by atoms with E-state index in [1.165, 1.54) is 18.1 Å². The molecule has 0 aromatic heterocycles. The minimum atomic E-state index is -0.709. The maximum atomic E-state index is 13.0. The number of carbonyl (C=O) groups excluding carboxylic acids is 2. The van der Waals surface area contributed by atoms with Gasteiger partial charge in [-0.1, -0.05) is 39.7 Å². The number of amides is 1. The fraction of sp³-hybridized carbons (Fsp3) is 0.304. The molecule has 0 unspecified atom stereocenters. The molecule has 0 spiro atoms. The highest BCUT2D eigenvalue weighted by atomic mass is 79.9. The monoisotopic (exact) mass is 506 g/mol. The number of carbonyl (C=O) groups is 2. The average molecular weight is 508 g/mol. The van der Waals surface area contributed by atoms with Crippen molar-refractivity contribution in [2.75, 3.05) is 34.3 Å². The van der Waals surface area contributed by atoms with Crippen LogP contribution in [0.1, 0.15) is 23.6 Å². The van der Waals surface area contributed by atoms with Crippen LogP contribution in [-0.4, -0.2) is 60.9 Å². The van der Waals surface area contributed by atoms with Crippen LogP contribution in [0.4, 0.5) is 0 Å². The summed E-state index contributed by atoms with van der Waals surface area (Å²) in [6, 6.07) is 11.4. The van der Waals surface area contributed by atoms with E-state index >= 15 is 0 Å². The SMILES string of the molecule is COc1ccc(/C(O)=C2\C(=O)C(=O)N(CCCN(C)C)[C@@H]2c2cccc(Br)c2)cc1Cl. The van der Waals surface area contributed by atoms with E-state index in [9.17, 15) is 14.7 Å². The van der Waals surface area contributed by atoms with Crippen molar-refractivity contribution in [3.05, 3.63) is 68.7 Å². The third kappa shape index (κ3) is 4.95. The third-order valence-corrected chi connectivity index (χ3v) is 5.92. The van der Waals surface area contributed by atoms with E-state index in [2.05, 4.69) is 15.9 Å². The number of likely N-dealkylation sites (tertiary alicyclic amines) is 1. The first kappa shape index (κ1) is 23.3. The van der Waals surface area contributed by atoms with Gasteiger partial charge in [-0.15, -0.1) is 0 Å². The van der Waals surface area contributed by atoms with E-state index in [4.69, 9.17) is 16.3 Å². The van der Waals surface area contributed by atoms with Crippen LogP contribution in [-0.2, 0) is 9.59 Å². The predicted molar refractivity (Wildman–Crippen MR) is 124 cm³/mol. The second-order valence-corrected chi connectivity index (χ2v) is 8.88. The zero-order chi connectivity index (χ0) is 22.7. The van der Waals surface area contributed by atoms with Gasteiger partial charge in [-0.05, 0) is 63.0 Å². The Morgan fingerprint density at radius 1 is 1.23 bits per heavy atom. The van der Waals surface area contributed by atoms with Gasteiger partial charge in [0.15, 0.2) is 0 Å². The lowest BCUT2D eigenvalue weighted by molar-refractivity contribution is -0.139. The molecule has 2 aromatic carbocycles. The first-order valence-electron chi connectivity index (χ1n) is 9.77. The van der Waals surface area contributed by atoms with E-state index in [-0.39, 0.29) is 11.3 Å². The molecule has 1 aliphatic rings. The number of halogens is 2. The van der Waals surface area contributed by atoms with Crippen molar-refractivity contribution in [2.24, 2.45) is 0 Å². The summed E-state index contributed by atoms with van der Waals surface area (Å²) in [4.78, 5) is 29.5. The van der Waals surface area contributed by atoms with Crippen molar-refractivity contribution in [2.45, 2.75) is 12.5 Å². The number of ketones is 1. The van der Waals surface area contributed by atoms with Crippen LogP contribution >= 0.6 is 27.5 Å². The molecule has 1 fully saturated rings. The summed E-state index contributed by atoms with van der Waals surface area (Å²) in [7, 11) is 5.40. The van der Waals surface area contributed by atoms with Gasteiger partial charge in [0, 0.05) is 16.6 Å². The Kier molecular flexibility index (Phi) is 7.41. The Morgan fingerprint density at radius 2 is 1.97 bits per heavy atom. The third-order valence-electron chi connectivity index (χ3n) is 5.13. The van der Waals surface area contributed by atoms with Gasteiger partial charge in [0.2, 0.25) is 0 Å². The normalized spacial score (nSPS) is 18.1. The lowest BCUT2D eigenvalue weighted by Gasteiger charge is -2.26. The molecule has 1 N–H and O–H groups in total. The molecule has 164 valence electrons. The van der Waals surface area contributed by atoms with Crippen molar-refractivity contribution < 1.29 is 19.4 Å². The van der Waals surface area contributed by atoms with Gasteiger partial charge in [0.05, 0.1) is 23.7 Å². The minimum absolute atomic E-state index is 0.0502. The molecule has 1 amide bonds. The molecule has 0 bridgehead atoms. The summed E-state index contributed by atoms with van der Waals surface area (Å²) in [6.07, 6.45) is 0.693. The molecule has 1 heterocycles. The second-order valence-electron chi connectivity index (χ2n) is 7.55. The quantitative estimate of drug-likeness (QED) is 0.340. The Labute approximate surface area is 195 Å². The van der Waals surface area contributed by atoms with Crippen molar-refractivity contribution in [1.82, 2.24) is 9.80 Å². The van der Waals surface area contributed by atoms with E-state index in [0.29, 0.717) is 29.3 Å². The van der Waals surface area contributed by atoms with Gasteiger partial charge in [0.1, 0.15) is 11.5 Å². The highest BCUT2D eigenvalue weighted by Gasteiger charge is 2.45. The van der Waals surface area contributed by atoms with Gasteiger partial charge in [0.25, 0.3) is 11.7 Å². The number of aliphatic hydroxyl groups is 1. The number of ether oxygens (including phenoxy) is 1. The molecule has 1 atom stereocenters. The smallest absolute Gasteiger partial charge is 0.295 e. The number of methoxy groups -OCH3 is 1. The zero-order valence-electron chi connectivity index (χ0n) is 17.6. The van der Waals surface area contributed by atoms with Crippen LogP contribution in [0.3, 0.4) is 0 Å². The Hall–Kier alpha value is -2.35. The van der Waals surface area contributed by atoms with Gasteiger partial charge >= 0.3 is 0 Å². The number of hydrogen-bond donors (Lipinski definition) is 1. The maximum Gasteiger partial charge on any atom is 0.295 e. The molecule has 0 aliphatic carbocycles. The molecule has 1 saturated heterocycles. The predicted octanol–water partition coefficient (Wildman–Crippen LogP) is 4.48. The van der Waals surface area contributed by atoms with Crippen LogP contribution in [0, 0.1) is 0 Å². The zero-order valence-corrected chi connectivity index (χ0v) is 19.9. The van der Waals surface area contributed by atoms with Crippen molar-refractivity contribution in [1.29, 1.82) is 0 Å². The molecule has 31 heavy (non-hydrogen) atoms. The fourth-order valence-corrected chi connectivity index (χ4v) is 4.33. The topological polar surface area (TPSA) is 70.1 Å². The summed E-state index contributed by atoms with van der Waals surface area (Å²) < 4.78 is 5.98. The van der Waals surface area contributed by atoms with Gasteiger partial charge in [-0.3, -0.25) is 9.59 Å². The van der Waals surface area contributed by atoms with Crippen LogP contribution in [0.15, 0.2) is 52.5 Å². The van der Waals surface area contributed by atoms with E-state index in [0.717, 1.165) is 16.6 Å². The van der Waals surface area contributed by atoms with Crippen molar-refractivity contribution in [3.63, 3.8) is 0 Å². The van der Waals surface area contributed by atoms with Crippen LogP contribution in [0.25, 0.3) is 5.76 Å². The van der Waals surface area contributed by atoms with Gasteiger partial charge < -0.3 is 19.6 Å². The Morgan fingerprint density at radius 3 is 2.58 bits per heavy atom. The van der Waals surface area contributed by atoms with Crippen LogP contribution < -0.4 is 4.74 Å². The summed E-state index contributed by atoms with van der Waals surface area (Å²) in [5.41, 5.74) is 1.13. The fourth-order valence-electron chi connectivity index (χ4n) is 3.66. The van der Waals surface area contributed by atoms with Crippen molar-refractivity contribution >= 4 is 45.0 Å². The highest BCUT2D eigenvalue weighted by molar-refractivity contribution is 9.10. The summed E-state index contributed by atoms with van der Waals surface area (Å²) >= 11 is 9.67. The molecule has 0 saturated carbocycles. The lowest BCUT2D eigenvalue weighted by atomic mass is 9.95. The molecule has 2 aromatic rings. The summed E-state index contributed by atoms with van der Waals surface area (Å²) in [5.74, 6) is -1.14. The van der Waals surface area contributed by atoms with E-state index in [1.807, 2.05) is 43.3 Å². The number of benzene rings is 2. The second kappa shape index (κ2) is 9.85. The highest BCUT2D eigenvalue weighted by Crippen LogP contribution is 2.40. The lowest BCUT2D eigenvalue weighted by Crippen LogP contribution is -2.32. The number of aliphatic hydroxyl groups excluding tert-OH is 1. The van der Waals surface area contributed by atoms with Crippen LogP contribution in [0.5, 0.6) is 5.75 Å². The van der Waals surface area contributed by atoms with Gasteiger partial charge in [-0.25, -0.2) is 0 Å². The number of rotatable bonds is 7. The first-order valence-corrected chi connectivity index (χ1v) is 10.9. The van der Waals surface area contributed by atoms with Crippen molar-refractivity contribution in [3.8, 4) is 5.75 Å². The van der Waals surface area contributed by atoms with Gasteiger partial charge in [-0.2, -0.15) is 0 Å². The molecular weight excluding hydrogens is 484 g/mol. The Bertz CT molecular complexity index is 1040. The molecule has 8 heteroatoms. The minimum Gasteiger partial charge on any atom is -0.507 e. The number of nitrogens with zero attached hydrogens (tertiary/aromatic N) is 2. The molecule has 3 rings (SSSR count). The molecule has 1 aliphatic heterocycles. The standard InChI is InChI=1S/C23H24BrClN2O4/c1-26(2)10-5-11-27-20(14-6-4-7-16(24)12-14)19(22(29)23(27)30)21(28)15-8-9-18(31-3)17(25)13-15/h4,6-9,12-13,20,28H,5,10-11H2,1-3H3/b21-19+/t20-/m1/s1. The van der Waals surface area contributed by atoms with E-state index < -0.39 is 17.7 Å². The summed E-state index contributed by atoms with van der Waals surface area (Å²) in [6.45, 7) is 1.16. The number of Topliss-reactive ketones (excluding diaryl/α,β-unsaturated/α-hetero) is 1. The summed E-state index contributed by atoms with van der Waals surface area (Å²) in [5, 5.41) is 11.4. The molecule has 0 radical (unpaired) electrons. The number of hydrogen-bond acceptors (Lipinski definition) is 5. The molecule has 6 nitrogen and oxygen atoms in total.